The van der Waals surface area contributed by atoms with Gasteiger partial charge in [0, 0.05) is 0 Å². The van der Waals surface area contributed by atoms with Gasteiger partial charge in [0.15, 0.2) is 0 Å². The summed E-state index contributed by atoms with van der Waals surface area (Å²) in [5.74, 6) is 0. The van der Waals surface area contributed by atoms with E-state index in [4.69, 9.17) is 0 Å². The monoisotopic (exact) mass is 526 g/mol. The maximum atomic E-state index is 2.73. The van der Waals surface area contributed by atoms with Crippen LogP contribution in [0.4, 0.5) is 0 Å². The van der Waals surface area contributed by atoms with Crippen molar-refractivity contribution in [2.24, 2.45) is 0 Å². The Balaban J connectivity index is 5.29. The molecule has 0 amide bonds. The van der Waals surface area contributed by atoms with E-state index >= 15 is 0 Å². The van der Waals surface area contributed by atoms with Crippen LogP contribution in [-0.4, -0.2) is 10.3 Å². The van der Waals surface area contributed by atoms with Crippen molar-refractivity contribution >= 4 is 65.7 Å². The number of hydrogen-bond acceptors (Lipinski definition) is 0. The average Bonchev–Trinajstić information content (AvgIpc) is 1.55. The van der Waals surface area contributed by atoms with E-state index in [0.29, 0.717) is 10.3 Å². The van der Waals surface area contributed by atoms with Gasteiger partial charge in [-0.3, -0.25) is 0 Å². The normalized spacial score (nSPS) is 18.6. The summed E-state index contributed by atoms with van der Waals surface area (Å²) in [5, 5.41) is 0.817. The molecule has 0 aromatic rings. The molecular weight excluding hydrogens is 508 g/mol. The van der Waals surface area contributed by atoms with Gasteiger partial charge in [0.1, 0.15) is 0 Å². The second-order valence-corrected chi connectivity index (χ2v) is 43.4. The van der Waals surface area contributed by atoms with Crippen molar-refractivity contribution < 1.29 is 0 Å². The molecule has 0 aromatic heterocycles. The zero-order valence-corrected chi connectivity index (χ0v) is 15.9. The Labute approximate surface area is 116 Å². The first-order valence-electron chi connectivity index (χ1n) is 3.95. The quantitative estimate of drug-likeness (QED) is 0.261. The summed E-state index contributed by atoms with van der Waals surface area (Å²) in [6.45, 7) is 14.2. The van der Waals surface area contributed by atoms with Crippen molar-refractivity contribution in [1.29, 1.82) is 0 Å². The van der Waals surface area contributed by atoms with Crippen LogP contribution in [0.5, 0.6) is 0 Å². The van der Waals surface area contributed by atoms with Crippen molar-refractivity contribution in [2.45, 2.75) is 51.9 Å². The van der Waals surface area contributed by atoms with Crippen LogP contribution in [0, 0.1) is 0 Å². The van der Waals surface area contributed by atoms with E-state index in [1.165, 1.54) is 0 Å². The minimum atomic E-state index is -1.67. The summed E-state index contributed by atoms with van der Waals surface area (Å²) in [6.07, 6.45) is 0. The van der Waals surface area contributed by atoms with E-state index in [-0.39, 0.29) is 0 Å². The topological polar surface area (TPSA) is 0 Å². The van der Waals surface area contributed by atoms with E-state index in [2.05, 4.69) is 108 Å². The SMILES string of the molecule is CC(C)(C)P(I)(I)(I)C(C)(C)C. The molecule has 0 radical (unpaired) electrons. The van der Waals surface area contributed by atoms with Crippen LogP contribution in [0.1, 0.15) is 41.5 Å². The van der Waals surface area contributed by atoms with Gasteiger partial charge in [-0.2, -0.15) is 0 Å². The fourth-order valence-electron chi connectivity index (χ4n) is 1.01. The summed E-state index contributed by atoms with van der Waals surface area (Å²) in [7, 11) is 0. The summed E-state index contributed by atoms with van der Waals surface area (Å²) in [4.78, 5) is 0. The van der Waals surface area contributed by atoms with Crippen molar-refractivity contribution in [3.05, 3.63) is 0 Å². The predicted molar refractivity (Wildman–Crippen MR) is 88.5 cm³/mol. The summed E-state index contributed by atoms with van der Waals surface area (Å²) in [6, 6.07) is 0. The molecule has 0 saturated heterocycles. The summed E-state index contributed by atoms with van der Waals surface area (Å²) in [5.41, 5.74) is 0. The third-order valence-electron chi connectivity index (χ3n) is 2.19. The zero-order chi connectivity index (χ0) is 10.4. The van der Waals surface area contributed by atoms with Crippen LogP contribution in [0.3, 0.4) is 0 Å². The van der Waals surface area contributed by atoms with E-state index in [1.54, 1.807) is 0 Å². The van der Waals surface area contributed by atoms with E-state index in [9.17, 15) is 0 Å². The first-order chi connectivity index (χ1) is 4.79. The molecule has 0 aliphatic heterocycles. The Kier molecular flexibility index (Phi) is 4.36. The van der Waals surface area contributed by atoms with Crippen molar-refractivity contribution in [1.82, 2.24) is 0 Å². The fourth-order valence-corrected chi connectivity index (χ4v) is 3.02. The van der Waals surface area contributed by atoms with Crippen LogP contribution in [0.25, 0.3) is 0 Å². The first kappa shape index (κ1) is 14.6. The Morgan fingerprint density at radius 1 is 0.667 bits per heavy atom. The number of halogens is 3. The molecule has 0 atom stereocenters. The van der Waals surface area contributed by atoms with Crippen LogP contribution in [0.15, 0.2) is 0 Å². The Bertz CT molecular complexity index is 159. The molecular formula is C8H18I3P. The molecule has 0 aromatic carbocycles. The molecule has 0 aliphatic rings. The molecule has 0 unspecified atom stereocenters. The molecule has 76 valence electrons. The van der Waals surface area contributed by atoms with Crippen LogP contribution < -0.4 is 0 Å². The van der Waals surface area contributed by atoms with E-state index in [1.807, 2.05) is 0 Å². The average molecular weight is 526 g/mol. The minimum absolute atomic E-state index is 0.408. The summed E-state index contributed by atoms with van der Waals surface area (Å²) < 4.78 is -1.67. The zero-order valence-electron chi connectivity index (χ0n) is 8.58. The van der Waals surface area contributed by atoms with E-state index in [0.717, 1.165) is 0 Å². The van der Waals surface area contributed by atoms with E-state index < -0.39 is -0.469 Å². The Hall–Kier alpha value is 2.62. The maximum absolute atomic E-state index is 2.73. The second kappa shape index (κ2) is 3.58. The Morgan fingerprint density at radius 3 is 0.833 bits per heavy atom. The molecule has 0 aliphatic carbocycles. The van der Waals surface area contributed by atoms with Gasteiger partial charge in [0.05, 0.1) is 0 Å². The van der Waals surface area contributed by atoms with Crippen molar-refractivity contribution in [2.75, 3.05) is 0 Å². The second-order valence-electron chi connectivity index (χ2n) is 5.15. The van der Waals surface area contributed by atoms with Crippen LogP contribution in [-0.2, 0) is 0 Å². The molecule has 0 fully saturated rings. The molecule has 0 rings (SSSR count). The molecule has 0 bridgehead atoms. The van der Waals surface area contributed by atoms with Crippen molar-refractivity contribution in [3.8, 4) is 0 Å². The van der Waals surface area contributed by atoms with Gasteiger partial charge in [0.25, 0.3) is 0 Å². The fraction of sp³-hybridized carbons (Fsp3) is 1.00. The summed E-state index contributed by atoms with van der Waals surface area (Å²) >= 11 is 8.18. The van der Waals surface area contributed by atoms with Crippen LogP contribution >= 0.6 is 65.7 Å². The Morgan fingerprint density at radius 2 is 0.833 bits per heavy atom. The molecule has 0 saturated carbocycles. The molecule has 0 nitrogen and oxygen atoms in total. The number of hydrogen-bond donors (Lipinski definition) is 0. The van der Waals surface area contributed by atoms with Crippen LogP contribution in [0.2, 0.25) is 0 Å². The standard InChI is InChI=1S/C8H18I3P/c1-7(2,3)12(9,10,11)8(4,5)6/h1-6H3. The van der Waals surface area contributed by atoms with Gasteiger partial charge in [-0.05, 0) is 0 Å². The molecule has 12 heavy (non-hydrogen) atoms. The van der Waals surface area contributed by atoms with Gasteiger partial charge in [-0.25, -0.2) is 0 Å². The third kappa shape index (κ3) is 2.40. The van der Waals surface area contributed by atoms with Gasteiger partial charge >= 0.3 is 118 Å². The van der Waals surface area contributed by atoms with Gasteiger partial charge in [0.2, 0.25) is 0 Å². The third-order valence-corrected chi connectivity index (χ3v) is 32.6. The number of rotatable bonds is 0. The van der Waals surface area contributed by atoms with Gasteiger partial charge in [-0.1, -0.05) is 0 Å². The molecule has 0 spiro atoms. The molecule has 4 heteroatoms. The molecule has 0 N–H and O–H groups in total. The van der Waals surface area contributed by atoms with Crippen molar-refractivity contribution in [3.63, 3.8) is 0 Å². The van der Waals surface area contributed by atoms with Gasteiger partial charge < -0.3 is 0 Å². The molecule has 0 heterocycles. The first-order valence-corrected chi connectivity index (χ1v) is 14.5. The predicted octanol–water partition coefficient (Wildman–Crippen LogP) is 6.19. The van der Waals surface area contributed by atoms with Gasteiger partial charge in [-0.15, -0.1) is 0 Å².